The van der Waals surface area contributed by atoms with Crippen LogP contribution in [-0.2, 0) is 38.0 Å². The number of anilines is 2. The van der Waals surface area contributed by atoms with Gasteiger partial charge in [-0.25, -0.2) is 19.6 Å². The molecule has 5 rings (SSSR count). The summed E-state index contributed by atoms with van der Waals surface area (Å²) < 4.78 is 33.9. The molecule has 0 aromatic heterocycles. The van der Waals surface area contributed by atoms with Crippen LogP contribution >= 0.6 is 23.2 Å². The Balaban J connectivity index is 1.23. The van der Waals surface area contributed by atoms with E-state index < -0.39 is 24.4 Å². The molecule has 12 nitrogen and oxygen atoms in total. The minimum atomic E-state index is -0.565. The summed E-state index contributed by atoms with van der Waals surface area (Å²) in [4.78, 5) is 25.3. The Morgan fingerprint density at radius 2 is 0.952 bits per heavy atom. The van der Waals surface area contributed by atoms with Crippen LogP contribution in [0.1, 0.15) is 12.8 Å². The van der Waals surface area contributed by atoms with E-state index in [0.29, 0.717) is 21.4 Å². The van der Waals surface area contributed by atoms with Crippen LogP contribution in [-0.4, -0.2) is 88.7 Å². The van der Waals surface area contributed by atoms with Crippen molar-refractivity contribution in [3.8, 4) is 0 Å². The van der Waals surface area contributed by atoms with E-state index in [4.69, 9.17) is 51.6 Å². The fourth-order valence-electron chi connectivity index (χ4n) is 4.36. The molecular formula is C28H30Cl2N4O8. The summed E-state index contributed by atoms with van der Waals surface area (Å²) in [6.45, 7) is 1.32. The topological polar surface area (TPSA) is 121 Å². The summed E-state index contributed by atoms with van der Waals surface area (Å²) in [6, 6.07) is 14.1. The summed E-state index contributed by atoms with van der Waals surface area (Å²) in [7, 11) is 0. The molecule has 2 atom stereocenters. The van der Waals surface area contributed by atoms with E-state index in [-0.39, 0.29) is 77.1 Å². The molecule has 4 bridgehead atoms. The van der Waals surface area contributed by atoms with Gasteiger partial charge in [-0.1, -0.05) is 23.2 Å². The average molecular weight is 621 g/mol. The Hall–Kier alpha value is -3.26. The number of nitrogens with zero attached hydrogens (tertiary/aromatic N) is 4. The fourth-order valence-corrected chi connectivity index (χ4v) is 4.61. The Morgan fingerprint density at radius 1 is 0.571 bits per heavy atom. The molecule has 1 saturated heterocycles. The molecule has 0 N–H and O–H groups in total. The summed E-state index contributed by atoms with van der Waals surface area (Å²) >= 11 is 12.1. The predicted molar refractivity (Wildman–Crippen MR) is 155 cm³/mol. The Bertz CT molecular complexity index is 1190. The average Bonchev–Trinajstić information content (AvgIpc) is 3.61. The highest BCUT2D eigenvalue weighted by atomic mass is 35.5. The number of halogens is 2. The highest BCUT2D eigenvalue weighted by Gasteiger charge is 2.34. The summed E-state index contributed by atoms with van der Waals surface area (Å²) in [5.74, 6) is -1.13. The molecule has 0 unspecified atom stereocenters. The first-order chi connectivity index (χ1) is 20.5. The Kier molecular flexibility index (Phi) is 10.6. The highest BCUT2D eigenvalue weighted by molar-refractivity contribution is 6.38. The van der Waals surface area contributed by atoms with Gasteiger partial charge in [-0.05, 0) is 48.5 Å². The van der Waals surface area contributed by atoms with Crippen LogP contribution in [0.4, 0.5) is 11.4 Å². The van der Waals surface area contributed by atoms with Crippen LogP contribution in [0.15, 0.2) is 58.7 Å². The van der Waals surface area contributed by atoms with Crippen LogP contribution in [0, 0.1) is 0 Å². The van der Waals surface area contributed by atoms with E-state index in [0.717, 1.165) is 0 Å². The van der Waals surface area contributed by atoms with Gasteiger partial charge in [-0.2, -0.15) is 10.2 Å². The minimum absolute atomic E-state index is 0.00783. The van der Waals surface area contributed by atoms with Crippen LogP contribution < -0.4 is 10.0 Å². The second kappa shape index (κ2) is 14.8. The molecule has 3 aliphatic heterocycles. The lowest BCUT2D eigenvalue weighted by Gasteiger charge is -2.24. The number of hydrazone groups is 2. The van der Waals surface area contributed by atoms with Crippen molar-refractivity contribution in [1.82, 2.24) is 0 Å². The van der Waals surface area contributed by atoms with Gasteiger partial charge in [0.05, 0.1) is 51.0 Å². The van der Waals surface area contributed by atoms with Gasteiger partial charge in [-0.3, -0.25) is 0 Å². The third kappa shape index (κ3) is 7.97. The van der Waals surface area contributed by atoms with E-state index in [1.54, 1.807) is 58.5 Å². The molecule has 1 fully saturated rings. The normalized spacial score (nSPS) is 23.3. The van der Waals surface area contributed by atoms with Gasteiger partial charge in [0.15, 0.2) is 23.9 Å². The van der Waals surface area contributed by atoms with Crippen molar-refractivity contribution in [2.24, 2.45) is 10.2 Å². The maximum atomic E-state index is 12.7. The third-order valence-electron chi connectivity index (χ3n) is 6.39. The van der Waals surface area contributed by atoms with Crippen LogP contribution in [0.2, 0.25) is 10.0 Å². The van der Waals surface area contributed by atoms with Gasteiger partial charge in [-0.15, -0.1) is 0 Å². The van der Waals surface area contributed by atoms with Crippen molar-refractivity contribution >= 4 is 57.9 Å². The lowest BCUT2D eigenvalue weighted by Crippen LogP contribution is -2.32. The van der Waals surface area contributed by atoms with Gasteiger partial charge in [0, 0.05) is 22.9 Å². The quantitative estimate of drug-likeness (QED) is 0.460. The first-order valence-electron chi connectivity index (χ1n) is 13.5. The molecule has 0 spiro atoms. The van der Waals surface area contributed by atoms with Crippen molar-refractivity contribution in [3.63, 3.8) is 0 Å². The number of cyclic esters (lactones) is 2. The molecule has 0 amide bonds. The first kappa shape index (κ1) is 30.2. The molecule has 0 aliphatic carbocycles. The third-order valence-corrected chi connectivity index (χ3v) is 6.89. The van der Waals surface area contributed by atoms with Gasteiger partial charge >= 0.3 is 11.9 Å². The van der Waals surface area contributed by atoms with Crippen molar-refractivity contribution in [1.29, 1.82) is 0 Å². The van der Waals surface area contributed by atoms with E-state index in [2.05, 4.69) is 10.2 Å². The number of esters is 2. The van der Waals surface area contributed by atoms with Gasteiger partial charge in [0.1, 0.15) is 13.2 Å². The maximum Gasteiger partial charge on any atom is 0.354 e. The predicted octanol–water partition coefficient (Wildman–Crippen LogP) is 3.64. The SMILES string of the molecule is O=C1OCCOCCOC(=O)C2=NN(c3ccc(Cl)cc3)[C@@H](C2)OCCOCCO[C@@H]2CC1=NN2c1ccc(Cl)cc1. The standard InChI is InChI=1S/C28H30Cl2N4O8/c29-19-1-5-21(6-2-19)33-25-17-23(31-33)27(35)41-15-11-38-12-16-42-28(36)24-18-26(40-14-10-37-9-13-39-25)34(32-24)22-7-3-20(30)4-8-22/h1-8,25-26H,9-18H2/t25-,26-/m1/s1. The molecule has 2 aromatic carbocycles. The number of hydrogen-bond acceptors (Lipinski definition) is 12. The molecule has 0 radical (unpaired) electrons. The zero-order valence-electron chi connectivity index (χ0n) is 22.7. The van der Waals surface area contributed by atoms with Crippen molar-refractivity contribution < 1.29 is 38.0 Å². The van der Waals surface area contributed by atoms with Crippen molar-refractivity contribution in [3.05, 3.63) is 58.6 Å². The maximum absolute atomic E-state index is 12.7. The van der Waals surface area contributed by atoms with E-state index in [9.17, 15) is 9.59 Å². The molecule has 3 aliphatic rings. The molecule has 14 heteroatoms. The summed E-state index contributed by atoms with van der Waals surface area (Å²) in [6.07, 6.45) is -0.601. The molecule has 3 heterocycles. The van der Waals surface area contributed by atoms with Gasteiger partial charge in [0.25, 0.3) is 0 Å². The zero-order chi connectivity index (χ0) is 29.3. The van der Waals surface area contributed by atoms with Gasteiger partial charge in [0.2, 0.25) is 0 Å². The first-order valence-corrected chi connectivity index (χ1v) is 14.2. The van der Waals surface area contributed by atoms with Gasteiger partial charge < -0.3 is 28.4 Å². The van der Waals surface area contributed by atoms with Crippen LogP contribution in [0.3, 0.4) is 0 Å². The number of fused-ring (bicyclic) bond motifs is 4. The molecule has 2 aromatic rings. The zero-order valence-corrected chi connectivity index (χ0v) is 24.2. The number of benzene rings is 2. The minimum Gasteiger partial charge on any atom is -0.459 e. The van der Waals surface area contributed by atoms with E-state index in [1.165, 1.54) is 0 Å². The lowest BCUT2D eigenvalue weighted by molar-refractivity contribution is -0.138. The Morgan fingerprint density at radius 3 is 1.36 bits per heavy atom. The summed E-state index contributed by atoms with van der Waals surface area (Å²) in [5.41, 5.74) is 1.88. The second-order valence-corrected chi connectivity index (χ2v) is 10.2. The van der Waals surface area contributed by atoms with E-state index in [1.807, 2.05) is 0 Å². The molecule has 224 valence electrons. The lowest BCUT2D eigenvalue weighted by atomic mass is 10.2. The van der Waals surface area contributed by atoms with Crippen LogP contribution in [0.25, 0.3) is 0 Å². The summed E-state index contributed by atoms with van der Waals surface area (Å²) in [5, 5.41) is 13.3. The van der Waals surface area contributed by atoms with Crippen LogP contribution in [0.5, 0.6) is 0 Å². The highest BCUT2D eigenvalue weighted by Crippen LogP contribution is 2.28. The smallest absolute Gasteiger partial charge is 0.354 e. The largest absolute Gasteiger partial charge is 0.459 e. The number of ether oxygens (including phenoxy) is 6. The number of rotatable bonds is 2. The van der Waals surface area contributed by atoms with Crippen molar-refractivity contribution in [2.45, 2.75) is 25.3 Å². The second-order valence-electron chi connectivity index (χ2n) is 9.29. The Labute approximate surface area is 252 Å². The number of hydrogen-bond donors (Lipinski definition) is 0. The van der Waals surface area contributed by atoms with E-state index >= 15 is 0 Å². The number of carbonyl (C=O) groups is 2. The van der Waals surface area contributed by atoms with Crippen molar-refractivity contribution in [2.75, 3.05) is 62.9 Å². The monoisotopic (exact) mass is 620 g/mol. The molecule has 0 saturated carbocycles. The number of carbonyl (C=O) groups excluding carboxylic acids is 2. The molecular weight excluding hydrogens is 591 g/mol. The molecule has 42 heavy (non-hydrogen) atoms. The fraction of sp³-hybridized carbons (Fsp3) is 0.429.